The van der Waals surface area contributed by atoms with Crippen LogP contribution in [0.2, 0.25) is 0 Å². The van der Waals surface area contributed by atoms with E-state index in [0.717, 1.165) is 10.5 Å². The summed E-state index contributed by atoms with van der Waals surface area (Å²) in [7, 11) is 0. The Kier molecular flexibility index (Phi) is 5.16. The maximum absolute atomic E-state index is 13.9. The Morgan fingerprint density at radius 3 is 2.50 bits per heavy atom. The molecule has 132 valence electrons. The number of esters is 1. The van der Waals surface area contributed by atoms with Gasteiger partial charge in [0.2, 0.25) is 0 Å². The Morgan fingerprint density at radius 1 is 1.29 bits per heavy atom. The van der Waals surface area contributed by atoms with Gasteiger partial charge >= 0.3 is 12.1 Å². The molecule has 1 fully saturated rings. The molecule has 2 atom stereocenters. The lowest BCUT2D eigenvalue weighted by atomic mass is 9.99. The zero-order valence-corrected chi connectivity index (χ0v) is 14.5. The van der Waals surface area contributed by atoms with Crippen LogP contribution in [0.4, 0.5) is 9.18 Å². The number of amides is 1. The molecule has 0 spiro atoms. The molecule has 1 heterocycles. The number of rotatable bonds is 3. The third kappa shape index (κ3) is 4.24. The summed E-state index contributed by atoms with van der Waals surface area (Å²) in [5, 5.41) is 0. The normalized spacial score (nSPS) is 23.9. The Hall–Kier alpha value is -2.11. The molecule has 1 aromatic rings. The van der Waals surface area contributed by atoms with Crippen LogP contribution < -0.4 is 0 Å². The van der Waals surface area contributed by atoms with Crippen LogP contribution in [0.3, 0.4) is 0 Å². The zero-order valence-electron chi connectivity index (χ0n) is 14.5. The SMILES string of the molecule is CC(C)(C)OC(=O)N1C[C@H](F)C[C@@]1(C)C(=O)OCc1ccccc1. The van der Waals surface area contributed by atoms with Gasteiger partial charge in [-0.3, -0.25) is 4.90 Å². The molecule has 5 nitrogen and oxygen atoms in total. The van der Waals surface area contributed by atoms with E-state index in [4.69, 9.17) is 9.47 Å². The predicted octanol–water partition coefficient (Wildman–Crippen LogP) is 3.47. The Balaban J connectivity index is 2.09. The summed E-state index contributed by atoms with van der Waals surface area (Å²) in [6.07, 6.45) is -2.09. The number of ether oxygens (including phenoxy) is 2. The van der Waals surface area contributed by atoms with Crippen molar-refractivity contribution in [3.63, 3.8) is 0 Å². The molecule has 0 radical (unpaired) electrons. The second-order valence-corrected chi connectivity index (χ2v) is 7.23. The Morgan fingerprint density at radius 2 is 1.92 bits per heavy atom. The highest BCUT2D eigenvalue weighted by molar-refractivity contribution is 5.86. The van der Waals surface area contributed by atoms with Crippen molar-refractivity contribution in [1.29, 1.82) is 0 Å². The van der Waals surface area contributed by atoms with Crippen LogP contribution in [0.1, 0.15) is 39.7 Å². The van der Waals surface area contributed by atoms with Crippen LogP contribution >= 0.6 is 0 Å². The van der Waals surface area contributed by atoms with E-state index in [1.807, 2.05) is 30.3 Å². The highest BCUT2D eigenvalue weighted by atomic mass is 19.1. The van der Waals surface area contributed by atoms with Crippen LogP contribution in [-0.4, -0.2) is 40.8 Å². The molecule has 1 saturated heterocycles. The van der Waals surface area contributed by atoms with E-state index in [1.54, 1.807) is 20.8 Å². The maximum atomic E-state index is 13.9. The van der Waals surface area contributed by atoms with E-state index >= 15 is 0 Å². The lowest BCUT2D eigenvalue weighted by Crippen LogP contribution is -2.52. The van der Waals surface area contributed by atoms with Gasteiger partial charge in [0, 0.05) is 6.42 Å². The van der Waals surface area contributed by atoms with E-state index in [0.29, 0.717) is 0 Å². The number of hydrogen-bond acceptors (Lipinski definition) is 4. The molecular formula is C18H24FNO4. The predicted molar refractivity (Wildman–Crippen MR) is 87.1 cm³/mol. The number of alkyl halides is 1. The fourth-order valence-corrected chi connectivity index (χ4v) is 2.67. The fourth-order valence-electron chi connectivity index (χ4n) is 2.67. The summed E-state index contributed by atoms with van der Waals surface area (Å²) >= 11 is 0. The molecule has 0 N–H and O–H groups in total. The maximum Gasteiger partial charge on any atom is 0.411 e. The van der Waals surface area contributed by atoms with E-state index in [2.05, 4.69) is 0 Å². The minimum absolute atomic E-state index is 0.0778. The number of nitrogens with zero attached hydrogens (tertiary/aromatic N) is 1. The molecule has 6 heteroatoms. The number of benzene rings is 1. The lowest BCUT2D eigenvalue weighted by molar-refractivity contribution is -0.156. The fraction of sp³-hybridized carbons (Fsp3) is 0.556. The van der Waals surface area contributed by atoms with Crippen molar-refractivity contribution >= 4 is 12.1 Å². The first-order chi connectivity index (χ1) is 11.1. The molecule has 1 aliphatic rings. The summed E-state index contributed by atoms with van der Waals surface area (Å²) in [6.45, 7) is 6.58. The van der Waals surface area contributed by atoms with Crippen molar-refractivity contribution in [1.82, 2.24) is 4.90 Å². The van der Waals surface area contributed by atoms with Gasteiger partial charge in [0.15, 0.2) is 0 Å². The quantitative estimate of drug-likeness (QED) is 0.793. The standard InChI is InChI=1S/C18H24FNO4/c1-17(2,3)24-16(22)20-11-14(19)10-18(20,4)15(21)23-12-13-8-6-5-7-9-13/h5-9,14H,10-12H2,1-4H3/t14-,18+/m1/s1. The number of halogens is 1. The molecule has 0 bridgehead atoms. The summed E-state index contributed by atoms with van der Waals surface area (Å²) in [5.74, 6) is -0.627. The average molecular weight is 337 g/mol. The second kappa shape index (κ2) is 6.79. The first kappa shape index (κ1) is 18.2. The third-order valence-corrected chi connectivity index (χ3v) is 3.86. The van der Waals surface area contributed by atoms with Gasteiger partial charge in [0.1, 0.15) is 23.9 Å². The van der Waals surface area contributed by atoms with Crippen molar-refractivity contribution in [2.75, 3.05) is 6.54 Å². The van der Waals surface area contributed by atoms with Gasteiger partial charge < -0.3 is 9.47 Å². The second-order valence-electron chi connectivity index (χ2n) is 7.23. The summed E-state index contributed by atoms with van der Waals surface area (Å²) in [4.78, 5) is 26.0. The lowest BCUT2D eigenvalue weighted by Gasteiger charge is -2.33. The molecule has 0 saturated carbocycles. The van der Waals surface area contributed by atoms with Gasteiger partial charge in [0.05, 0.1) is 6.54 Å². The number of hydrogen-bond donors (Lipinski definition) is 0. The molecule has 1 aromatic carbocycles. The van der Waals surface area contributed by atoms with Gasteiger partial charge in [-0.15, -0.1) is 0 Å². The monoisotopic (exact) mass is 337 g/mol. The zero-order chi connectivity index (χ0) is 18.0. The van der Waals surface area contributed by atoms with E-state index in [1.165, 1.54) is 6.92 Å². The van der Waals surface area contributed by atoms with E-state index < -0.39 is 29.4 Å². The average Bonchev–Trinajstić information content (AvgIpc) is 2.80. The molecule has 24 heavy (non-hydrogen) atoms. The van der Waals surface area contributed by atoms with E-state index in [-0.39, 0.29) is 19.6 Å². The van der Waals surface area contributed by atoms with Crippen LogP contribution in [0.5, 0.6) is 0 Å². The van der Waals surface area contributed by atoms with Gasteiger partial charge in [-0.1, -0.05) is 30.3 Å². The van der Waals surface area contributed by atoms with Crippen LogP contribution in [0.25, 0.3) is 0 Å². The number of carbonyl (C=O) groups is 2. The van der Waals surface area contributed by atoms with Crippen LogP contribution in [-0.2, 0) is 20.9 Å². The van der Waals surface area contributed by atoms with Crippen molar-refractivity contribution in [3.8, 4) is 0 Å². The van der Waals surface area contributed by atoms with Crippen LogP contribution in [0.15, 0.2) is 30.3 Å². The summed E-state index contributed by atoms with van der Waals surface area (Å²) in [6, 6.07) is 9.19. The molecular weight excluding hydrogens is 313 g/mol. The first-order valence-electron chi connectivity index (χ1n) is 7.98. The van der Waals surface area contributed by atoms with E-state index in [9.17, 15) is 14.0 Å². The summed E-state index contributed by atoms with van der Waals surface area (Å²) < 4.78 is 24.5. The van der Waals surface area contributed by atoms with Crippen molar-refractivity contribution in [2.45, 2.75) is 58.0 Å². The smallest absolute Gasteiger partial charge is 0.411 e. The Bertz CT molecular complexity index is 599. The number of carbonyl (C=O) groups excluding carboxylic acids is 2. The molecule has 0 aliphatic carbocycles. The Labute approximate surface area is 141 Å². The molecule has 0 unspecified atom stereocenters. The summed E-state index contributed by atoms with van der Waals surface area (Å²) in [5.41, 5.74) is -1.26. The minimum Gasteiger partial charge on any atom is -0.459 e. The molecule has 0 aromatic heterocycles. The van der Waals surface area contributed by atoms with Crippen molar-refractivity contribution in [3.05, 3.63) is 35.9 Å². The van der Waals surface area contributed by atoms with Gasteiger partial charge in [-0.05, 0) is 33.3 Å². The van der Waals surface area contributed by atoms with Gasteiger partial charge in [-0.25, -0.2) is 14.0 Å². The van der Waals surface area contributed by atoms with Gasteiger partial charge in [-0.2, -0.15) is 0 Å². The highest BCUT2D eigenvalue weighted by Gasteiger charge is 2.52. The van der Waals surface area contributed by atoms with Gasteiger partial charge in [0.25, 0.3) is 0 Å². The first-order valence-corrected chi connectivity index (χ1v) is 7.98. The van der Waals surface area contributed by atoms with Crippen LogP contribution in [0, 0.1) is 0 Å². The third-order valence-electron chi connectivity index (χ3n) is 3.86. The number of likely N-dealkylation sites (tertiary alicyclic amines) is 1. The largest absolute Gasteiger partial charge is 0.459 e. The topological polar surface area (TPSA) is 55.8 Å². The molecule has 1 aliphatic heterocycles. The van der Waals surface area contributed by atoms with Crippen molar-refractivity contribution < 1.29 is 23.5 Å². The minimum atomic E-state index is -1.36. The molecule has 2 rings (SSSR count). The highest BCUT2D eigenvalue weighted by Crippen LogP contribution is 2.33. The molecule has 1 amide bonds. The van der Waals surface area contributed by atoms with Crippen molar-refractivity contribution in [2.24, 2.45) is 0 Å².